The first-order valence-corrected chi connectivity index (χ1v) is 9.86. The minimum Gasteiger partial charge on any atom is -0.493 e. The molecule has 2 saturated carbocycles. The second-order valence-electron chi connectivity index (χ2n) is 8.23. The van der Waals surface area contributed by atoms with E-state index in [1.807, 2.05) is 18.2 Å². The number of carbonyl (C=O) groups excluding carboxylic acids is 1. The molecule has 0 radical (unpaired) electrons. The SMILES string of the molecule is COc1ccc(C2(C(=O)N3C[C@H](C4CC4)[C@@H](N)C3)CCCC2)cc1OC. The van der Waals surface area contributed by atoms with E-state index in [9.17, 15) is 4.79 Å². The third-order valence-electron chi connectivity index (χ3n) is 6.73. The highest BCUT2D eigenvalue weighted by Crippen LogP contribution is 2.47. The molecule has 142 valence electrons. The van der Waals surface area contributed by atoms with Crippen LogP contribution in [0.2, 0.25) is 0 Å². The molecule has 3 aliphatic rings. The van der Waals surface area contributed by atoms with E-state index < -0.39 is 5.41 Å². The first-order chi connectivity index (χ1) is 12.6. The molecule has 0 unspecified atom stereocenters. The summed E-state index contributed by atoms with van der Waals surface area (Å²) in [4.78, 5) is 15.7. The molecule has 1 aromatic rings. The number of hydrogen-bond acceptors (Lipinski definition) is 4. The minimum absolute atomic E-state index is 0.135. The minimum atomic E-state index is -0.433. The Kier molecular flexibility index (Phi) is 4.59. The maximum Gasteiger partial charge on any atom is 0.233 e. The van der Waals surface area contributed by atoms with Gasteiger partial charge in [-0.05, 0) is 55.2 Å². The number of ether oxygens (including phenoxy) is 2. The molecular weight excluding hydrogens is 328 g/mol. The van der Waals surface area contributed by atoms with Gasteiger partial charge in [-0.15, -0.1) is 0 Å². The maximum atomic E-state index is 13.7. The molecule has 1 aromatic carbocycles. The summed E-state index contributed by atoms with van der Waals surface area (Å²) in [7, 11) is 3.28. The summed E-state index contributed by atoms with van der Waals surface area (Å²) in [6, 6.07) is 6.09. The average Bonchev–Trinajstić information content (AvgIpc) is 3.25. The zero-order valence-electron chi connectivity index (χ0n) is 15.9. The van der Waals surface area contributed by atoms with Gasteiger partial charge in [-0.2, -0.15) is 0 Å². The molecule has 2 atom stereocenters. The first kappa shape index (κ1) is 17.7. The topological polar surface area (TPSA) is 64.8 Å². The zero-order chi connectivity index (χ0) is 18.3. The van der Waals surface area contributed by atoms with Gasteiger partial charge in [0.25, 0.3) is 0 Å². The molecule has 1 aliphatic heterocycles. The number of benzene rings is 1. The Morgan fingerprint density at radius 2 is 1.81 bits per heavy atom. The van der Waals surface area contributed by atoms with Crippen molar-refractivity contribution in [3.8, 4) is 11.5 Å². The zero-order valence-corrected chi connectivity index (χ0v) is 15.9. The molecule has 0 bridgehead atoms. The van der Waals surface area contributed by atoms with E-state index in [1.54, 1.807) is 14.2 Å². The van der Waals surface area contributed by atoms with Crippen LogP contribution in [0.3, 0.4) is 0 Å². The summed E-state index contributed by atoms with van der Waals surface area (Å²) in [5, 5.41) is 0. The van der Waals surface area contributed by atoms with Crippen molar-refractivity contribution in [1.82, 2.24) is 4.90 Å². The van der Waals surface area contributed by atoms with Crippen LogP contribution in [0.5, 0.6) is 11.5 Å². The first-order valence-electron chi connectivity index (χ1n) is 9.86. The molecule has 3 fully saturated rings. The summed E-state index contributed by atoms with van der Waals surface area (Å²) in [5.74, 6) is 2.89. The van der Waals surface area contributed by atoms with Gasteiger partial charge < -0.3 is 20.1 Å². The lowest BCUT2D eigenvalue weighted by molar-refractivity contribution is -0.136. The van der Waals surface area contributed by atoms with Crippen molar-refractivity contribution in [2.75, 3.05) is 27.3 Å². The second kappa shape index (κ2) is 6.76. The quantitative estimate of drug-likeness (QED) is 0.879. The molecule has 1 heterocycles. The number of methoxy groups -OCH3 is 2. The Hall–Kier alpha value is -1.75. The van der Waals surface area contributed by atoms with Crippen LogP contribution in [0.25, 0.3) is 0 Å². The number of carbonyl (C=O) groups is 1. The fourth-order valence-electron chi connectivity index (χ4n) is 5.08. The van der Waals surface area contributed by atoms with Gasteiger partial charge in [0.2, 0.25) is 5.91 Å². The number of amides is 1. The smallest absolute Gasteiger partial charge is 0.233 e. The Labute approximate surface area is 155 Å². The molecule has 1 amide bonds. The molecule has 4 rings (SSSR count). The molecule has 26 heavy (non-hydrogen) atoms. The highest BCUT2D eigenvalue weighted by molar-refractivity contribution is 5.89. The molecule has 2 N–H and O–H groups in total. The largest absolute Gasteiger partial charge is 0.493 e. The van der Waals surface area contributed by atoms with E-state index in [2.05, 4.69) is 4.90 Å². The van der Waals surface area contributed by atoms with Crippen molar-refractivity contribution < 1.29 is 14.3 Å². The van der Waals surface area contributed by atoms with Crippen LogP contribution in [0, 0.1) is 11.8 Å². The van der Waals surface area contributed by atoms with E-state index in [-0.39, 0.29) is 11.9 Å². The van der Waals surface area contributed by atoms with Crippen molar-refractivity contribution in [2.24, 2.45) is 17.6 Å². The van der Waals surface area contributed by atoms with Gasteiger partial charge in [0.05, 0.1) is 19.6 Å². The molecule has 1 saturated heterocycles. The van der Waals surface area contributed by atoms with E-state index in [1.165, 1.54) is 12.8 Å². The average molecular weight is 358 g/mol. The van der Waals surface area contributed by atoms with E-state index in [4.69, 9.17) is 15.2 Å². The number of nitrogens with zero attached hydrogens (tertiary/aromatic N) is 1. The van der Waals surface area contributed by atoms with Gasteiger partial charge in [0.1, 0.15) is 0 Å². The van der Waals surface area contributed by atoms with Gasteiger partial charge in [-0.1, -0.05) is 18.9 Å². The van der Waals surface area contributed by atoms with Crippen LogP contribution in [0.4, 0.5) is 0 Å². The number of rotatable bonds is 5. The fourth-order valence-corrected chi connectivity index (χ4v) is 5.08. The van der Waals surface area contributed by atoms with Crippen LogP contribution in [0.1, 0.15) is 44.1 Å². The molecule has 5 nitrogen and oxygen atoms in total. The molecule has 5 heteroatoms. The van der Waals surface area contributed by atoms with Crippen LogP contribution in [-0.2, 0) is 10.2 Å². The summed E-state index contributed by atoms with van der Waals surface area (Å²) in [6.45, 7) is 1.54. The van der Waals surface area contributed by atoms with Gasteiger partial charge in [-0.3, -0.25) is 4.79 Å². The summed E-state index contributed by atoms with van der Waals surface area (Å²) in [6.07, 6.45) is 6.54. The predicted octanol–water partition coefficient (Wildman–Crippen LogP) is 2.71. The lowest BCUT2D eigenvalue weighted by Gasteiger charge is -2.33. The number of nitrogens with two attached hydrogens (primary N) is 1. The fraction of sp³-hybridized carbons (Fsp3) is 0.667. The van der Waals surface area contributed by atoms with Gasteiger partial charge in [0, 0.05) is 19.1 Å². The standard InChI is InChI=1S/C21H30N2O3/c1-25-18-8-7-15(11-19(18)26-2)21(9-3-4-10-21)20(24)23-12-16(14-5-6-14)17(22)13-23/h7-8,11,14,16-17H,3-6,9-10,12-13,22H2,1-2H3/t16-,17+/m1/s1. The normalized spacial score (nSPS) is 27.6. The summed E-state index contributed by atoms with van der Waals surface area (Å²) < 4.78 is 10.9. The highest BCUT2D eigenvalue weighted by atomic mass is 16.5. The summed E-state index contributed by atoms with van der Waals surface area (Å²) in [5.41, 5.74) is 7.01. The highest BCUT2D eigenvalue weighted by Gasteiger charge is 2.49. The molecule has 2 aliphatic carbocycles. The van der Waals surface area contributed by atoms with Crippen molar-refractivity contribution in [3.63, 3.8) is 0 Å². The van der Waals surface area contributed by atoms with Crippen LogP contribution < -0.4 is 15.2 Å². The Balaban J connectivity index is 1.63. The Morgan fingerprint density at radius 3 is 2.42 bits per heavy atom. The molecule has 0 spiro atoms. The Bertz CT molecular complexity index is 680. The van der Waals surface area contributed by atoms with Crippen molar-refractivity contribution in [3.05, 3.63) is 23.8 Å². The number of likely N-dealkylation sites (tertiary alicyclic amines) is 1. The van der Waals surface area contributed by atoms with Crippen molar-refractivity contribution >= 4 is 5.91 Å². The van der Waals surface area contributed by atoms with Crippen LogP contribution in [-0.4, -0.2) is 44.2 Å². The molecular formula is C21H30N2O3. The Morgan fingerprint density at radius 1 is 1.12 bits per heavy atom. The monoisotopic (exact) mass is 358 g/mol. The lowest BCUT2D eigenvalue weighted by atomic mass is 9.77. The van der Waals surface area contributed by atoms with E-state index in [0.717, 1.165) is 43.7 Å². The molecule has 0 aromatic heterocycles. The summed E-state index contributed by atoms with van der Waals surface area (Å²) >= 11 is 0. The van der Waals surface area contributed by atoms with Crippen molar-refractivity contribution in [2.45, 2.75) is 50.0 Å². The van der Waals surface area contributed by atoms with Gasteiger partial charge in [-0.25, -0.2) is 0 Å². The van der Waals surface area contributed by atoms with E-state index >= 15 is 0 Å². The van der Waals surface area contributed by atoms with E-state index in [0.29, 0.717) is 24.0 Å². The number of hydrogen-bond donors (Lipinski definition) is 1. The van der Waals surface area contributed by atoms with Gasteiger partial charge >= 0.3 is 0 Å². The third kappa shape index (κ3) is 2.86. The van der Waals surface area contributed by atoms with Crippen LogP contribution >= 0.6 is 0 Å². The predicted molar refractivity (Wildman–Crippen MR) is 100 cm³/mol. The second-order valence-corrected chi connectivity index (χ2v) is 8.23. The van der Waals surface area contributed by atoms with Crippen molar-refractivity contribution in [1.29, 1.82) is 0 Å². The lowest BCUT2D eigenvalue weighted by Crippen LogP contribution is -2.45. The third-order valence-corrected chi connectivity index (χ3v) is 6.73. The van der Waals surface area contributed by atoms with Crippen LogP contribution in [0.15, 0.2) is 18.2 Å². The maximum absolute atomic E-state index is 13.7. The van der Waals surface area contributed by atoms with Gasteiger partial charge in [0.15, 0.2) is 11.5 Å².